The Morgan fingerprint density at radius 3 is 2.54 bits per heavy atom. The van der Waals surface area contributed by atoms with Crippen LogP contribution in [-0.4, -0.2) is 26.2 Å². The van der Waals surface area contributed by atoms with E-state index >= 15 is 0 Å². The van der Waals surface area contributed by atoms with Crippen LogP contribution in [0.4, 0.5) is 11.4 Å². The van der Waals surface area contributed by atoms with Crippen molar-refractivity contribution in [3.8, 4) is 5.75 Å². The monoisotopic (exact) mass is 356 g/mol. The Kier molecular flexibility index (Phi) is 4.83. The van der Waals surface area contributed by atoms with E-state index in [-0.39, 0.29) is 0 Å². The van der Waals surface area contributed by atoms with Crippen molar-refractivity contribution < 1.29 is 9.42 Å². The van der Waals surface area contributed by atoms with Gasteiger partial charge in [0.05, 0.1) is 18.0 Å². The molecule has 2 aromatic heterocycles. The molecule has 0 spiro atoms. The molecular formula is C16H22N9O+. The minimum absolute atomic E-state index is 0.583. The smallest absolute Gasteiger partial charge is 0.226 e. The van der Waals surface area contributed by atoms with Gasteiger partial charge in [0.25, 0.3) is 0 Å². The summed E-state index contributed by atoms with van der Waals surface area (Å²) < 4.78 is 10.9. The Balaban J connectivity index is 1.84. The van der Waals surface area contributed by atoms with Gasteiger partial charge in [-0.15, -0.1) is 14.9 Å². The van der Waals surface area contributed by atoms with Gasteiger partial charge in [-0.2, -0.15) is 0 Å². The number of nitrogens with zero attached hydrogens (tertiary/aromatic N) is 8. The standard InChI is InChI=1S/C16H22N9O/c1-12-11-24(4)21-25(12)20-18-14-7-6-13(10-15(14)26-5)17-19-16-22(2)8-9-23(16)3/h6-11,17H,1-5H3/q+1. The Bertz CT molecular complexity index is 987. The van der Waals surface area contributed by atoms with Gasteiger partial charge in [0.1, 0.15) is 23.7 Å². The van der Waals surface area contributed by atoms with Crippen LogP contribution >= 0.6 is 0 Å². The van der Waals surface area contributed by atoms with Gasteiger partial charge < -0.3 is 13.9 Å². The van der Waals surface area contributed by atoms with Crippen molar-refractivity contribution in [3.63, 3.8) is 0 Å². The largest absolute Gasteiger partial charge is 0.494 e. The van der Waals surface area contributed by atoms with E-state index in [1.807, 2.05) is 74.0 Å². The van der Waals surface area contributed by atoms with Crippen molar-refractivity contribution in [1.82, 2.24) is 19.1 Å². The minimum atomic E-state index is 0.583. The second-order valence-electron chi connectivity index (χ2n) is 5.84. The Hall–Kier alpha value is -3.43. The van der Waals surface area contributed by atoms with Gasteiger partial charge in [0.15, 0.2) is 11.9 Å². The number of ether oxygens (including phenoxy) is 1. The van der Waals surface area contributed by atoms with Gasteiger partial charge in [0, 0.05) is 44.3 Å². The highest BCUT2D eigenvalue weighted by atomic mass is 16.5. The van der Waals surface area contributed by atoms with E-state index in [9.17, 15) is 0 Å². The first kappa shape index (κ1) is 17.4. The fourth-order valence-corrected chi connectivity index (χ4v) is 2.42. The summed E-state index contributed by atoms with van der Waals surface area (Å²) in [6, 6.07) is 5.49. The Morgan fingerprint density at radius 2 is 1.92 bits per heavy atom. The average molecular weight is 356 g/mol. The molecule has 3 rings (SSSR count). The van der Waals surface area contributed by atoms with E-state index in [2.05, 4.69) is 26.1 Å². The first-order chi connectivity index (χ1) is 12.5. The molecule has 0 unspecified atom stereocenters. The highest BCUT2D eigenvalue weighted by Gasteiger charge is 2.09. The van der Waals surface area contributed by atoms with E-state index in [0.29, 0.717) is 11.4 Å². The van der Waals surface area contributed by atoms with Crippen LogP contribution in [0.15, 0.2) is 52.2 Å². The summed E-state index contributed by atoms with van der Waals surface area (Å²) in [5.74, 6) is 0.583. The number of nitrogens with one attached hydrogen (secondary N) is 1. The SMILES string of the molecule is COc1cc(NN=c2n(C)ccn2C)ccc1N=Nn1n[n+](C)cc1C. The van der Waals surface area contributed by atoms with Crippen molar-refractivity contribution >= 4 is 11.4 Å². The maximum atomic E-state index is 5.41. The first-order valence-electron chi connectivity index (χ1n) is 7.98. The zero-order chi connectivity index (χ0) is 18.7. The summed E-state index contributed by atoms with van der Waals surface area (Å²) in [4.78, 5) is 1.45. The molecule has 0 amide bonds. The number of anilines is 1. The molecule has 0 saturated carbocycles. The molecular weight excluding hydrogens is 334 g/mol. The highest BCUT2D eigenvalue weighted by Crippen LogP contribution is 2.30. The zero-order valence-corrected chi connectivity index (χ0v) is 15.5. The van der Waals surface area contributed by atoms with E-state index < -0.39 is 0 Å². The molecule has 26 heavy (non-hydrogen) atoms. The first-order valence-corrected chi connectivity index (χ1v) is 7.98. The van der Waals surface area contributed by atoms with Crippen LogP contribution in [0.2, 0.25) is 0 Å². The molecule has 0 atom stereocenters. The molecule has 0 fully saturated rings. The van der Waals surface area contributed by atoms with E-state index in [1.165, 1.54) is 4.79 Å². The fourth-order valence-electron chi connectivity index (χ4n) is 2.42. The summed E-state index contributed by atoms with van der Waals surface area (Å²) in [5, 5.41) is 16.9. The molecule has 10 heteroatoms. The van der Waals surface area contributed by atoms with Gasteiger partial charge in [-0.25, -0.2) is 0 Å². The second-order valence-corrected chi connectivity index (χ2v) is 5.84. The third-order valence-corrected chi connectivity index (χ3v) is 3.76. The summed E-state index contributed by atoms with van der Waals surface area (Å²) in [5.41, 5.74) is 6.07. The van der Waals surface area contributed by atoms with Crippen molar-refractivity contribution in [2.75, 3.05) is 12.5 Å². The molecule has 0 radical (unpaired) electrons. The summed E-state index contributed by atoms with van der Waals surface area (Å²) in [6.07, 6.45) is 5.72. The van der Waals surface area contributed by atoms with Gasteiger partial charge >= 0.3 is 0 Å². The molecule has 0 aliphatic rings. The number of methoxy groups -OCH3 is 1. The van der Waals surface area contributed by atoms with Crippen LogP contribution < -0.4 is 20.5 Å². The number of benzene rings is 1. The van der Waals surface area contributed by atoms with Crippen LogP contribution in [0.3, 0.4) is 0 Å². The van der Waals surface area contributed by atoms with Crippen LogP contribution in [0.25, 0.3) is 0 Å². The Labute approximate surface area is 150 Å². The number of hydrogen-bond donors (Lipinski definition) is 1. The lowest BCUT2D eigenvalue weighted by Gasteiger charge is -2.06. The maximum Gasteiger partial charge on any atom is 0.226 e. The fraction of sp³-hybridized carbons (Fsp3) is 0.312. The second kappa shape index (κ2) is 7.21. The molecule has 0 aliphatic heterocycles. The molecule has 10 nitrogen and oxygen atoms in total. The molecule has 0 aliphatic carbocycles. The lowest BCUT2D eigenvalue weighted by molar-refractivity contribution is -0.732. The quantitative estimate of drug-likeness (QED) is 0.423. The van der Waals surface area contributed by atoms with Crippen LogP contribution in [0.5, 0.6) is 5.75 Å². The molecule has 1 aromatic carbocycles. The third-order valence-electron chi connectivity index (χ3n) is 3.76. The van der Waals surface area contributed by atoms with Gasteiger partial charge in [-0.1, -0.05) is 0 Å². The van der Waals surface area contributed by atoms with Crippen LogP contribution in [-0.2, 0) is 21.1 Å². The normalized spacial score (nSPS) is 11.1. The van der Waals surface area contributed by atoms with E-state index in [4.69, 9.17) is 4.74 Å². The number of hydrogen-bond acceptors (Lipinski definition) is 6. The zero-order valence-electron chi connectivity index (χ0n) is 15.5. The predicted octanol–water partition coefficient (Wildman–Crippen LogP) is 1.18. The van der Waals surface area contributed by atoms with Gasteiger partial charge in [-0.3, -0.25) is 5.43 Å². The van der Waals surface area contributed by atoms with Crippen molar-refractivity contribution in [2.24, 2.45) is 36.6 Å². The van der Waals surface area contributed by atoms with Crippen LogP contribution in [0.1, 0.15) is 5.69 Å². The molecule has 0 bridgehead atoms. The van der Waals surface area contributed by atoms with Crippen molar-refractivity contribution in [2.45, 2.75) is 6.92 Å². The predicted molar refractivity (Wildman–Crippen MR) is 94.6 cm³/mol. The number of aryl methyl sites for hydroxylation is 4. The van der Waals surface area contributed by atoms with Crippen molar-refractivity contribution in [3.05, 3.63) is 48.1 Å². The number of rotatable bonds is 5. The number of aromatic nitrogens is 5. The van der Waals surface area contributed by atoms with Crippen molar-refractivity contribution in [1.29, 1.82) is 0 Å². The lowest BCUT2D eigenvalue weighted by Crippen LogP contribution is -2.29. The highest BCUT2D eigenvalue weighted by molar-refractivity contribution is 5.60. The Morgan fingerprint density at radius 1 is 1.19 bits per heavy atom. The van der Waals surface area contributed by atoms with Crippen LogP contribution in [0, 0.1) is 6.92 Å². The molecule has 0 saturated heterocycles. The van der Waals surface area contributed by atoms with E-state index in [1.54, 1.807) is 11.8 Å². The lowest BCUT2D eigenvalue weighted by atomic mass is 10.2. The number of imidazole rings is 1. The summed E-state index contributed by atoms with van der Waals surface area (Å²) in [6.45, 7) is 1.90. The summed E-state index contributed by atoms with van der Waals surface area (Å²) in [7, 11) is 7.28. The average Bonchev–Trinajstić information content (AvgIpc) is 3.12. The third kappa shape index (κ3) is 3.63. The van der Waals surface area contributed by atoms with E-state index in [0.717, 1.165) is 17.0 Å². The molecule has 136 valence electrons. The van der Waals surface area contributed by atoms with Gasteiger partial charge in [0.2, 0.25) is 5.62 Å². The summed E-state index contributed by atoms with van der Waals surface area (Å²) >= 11 is 0. The molecule has 2 heterocycles. The topological polar surface area (TPSA) is 89.9 Å². The molecule has 1 N–H and O–H groups in total. The molecule has 3 aromatic rings. The maximum absolute atomic E-state index is 5.41. The minimum Gasteiger partial charge on any atom is -0.494 e. The van der Waals surface area contributed by atoms with Gasteiger partial charge in [-0.05, 0) is 12.1 Å².